The molecule has 6 nitrogen and oxygen atoms in total. The fourth-order valence-electron chi connectivity index (χ4n) is 2.70. The summed E-state index contributed by atoms with van der Waals surface area (Å²) in [6.45, 7) is 1.81. The molecule has 1 aliphatic heterocycles. The highest BCUT2D eigenvalue weighted by atomic mass is 35.5. The topological polar surface area (TPSA) is 79.0 Å². The summed E-state index contributed by atoms with van der Waals surface area (Å²) in [5.41, 5.74) is 3.15. The molecular weight excluding hydrogens is 335 g/mol. The van der Waals surface area contributed by atoms with Gasteiger partial charge in [-0.05, 0) is 17.7 Å². The molecule has 3 rings (SSSR count). The van der Waals surface area contributed by atoms with E-state index in [0.717, 1.165) is 29.8 Å². The van der Waals surface area contributed by atoms with E-state index >= 15 is 0 Å². The monoisotopic (exact) mass is 354 g/mol. The van der Waals surface area contributed by atoms with Crippen molar-refractivity contribution in [2.45, 2.75) is 19.1 Å². The molecule has 1 aliphatic rings. The Morgan fingerprint density at radius 1 is 1.42 bits per heavy atom. The van der Waals surface area contributed by atoms with Crippen molar-refractivity contribution in [1.29, 1.82) is 0 Å². The number of nitrogens with one attached hydrogen (secondary N) is 3. The number of methoxy groups -OCH3 is 1. The van der Waals surface area contributed by atoms with Gasteiger partial charge in [-0.3, -0.25) is 9.89 Å². The minimum absolute atomic E-state index is 0. The van der Waals surface area contributed by atoms with Crippen LogP contribution in [0.5, 0.6) is 0 Å². The van der Waals surface area contributed by atoms with Gasteiger partial charge in [0, 0.05) is 44.4 Å². The Morgan fingerprint density at radius 3 is 2.88 bits per heavy atom. The van der Waals surface area contributed by atoms with E-state index in [0.29, 0.717) is 12.2 Å². The van der Waals surface area contributed by atoms with Crippen molar-refractivity contribution in [3.05, 3.63) is 52.6 Å². The Kier molecular flexibility index (Phi) is 6.30. The van der Waals surface area contributed by atoms with Crippen LogP contribution in [0.3, 0.4) is 0 Å². The van der Waals surface area contributed by atoms with Gasteiger partial charge in [0.15, 0.2) is 5.69 Å². The maximum absolute atomic E-state index is 13.0. The smallest absolute Gasteiger partial charge is 0.272 e. The Morgan fingerprint density at radius 2 is 2.17 bits per heavy atom. The van der Waals surface area contributed by atoms with E-state index in [4.69, 9.17) is 4.74 Å². The SMILES string of the molecule is COC(CNC(=O)c1n[nH]c2c1CNCC2)c1ccc(F)cc1.Cl. The van der Waals surface area contributed by atoms with Crippen LogP contribution in [0.25, 0.3) is 0 Å². The predicted molar refractivity (Wildman–Crippen MR) is 89.7 cm³/mol. The number of carbonyl (C=O) groups excluding carboxylic acids is 1. The molecule has 0 saturated carbocycles. The van der Waals surface area contributed by atoms with E-state index in [1.807, 2.05) is 0 Å². The average molecular weight is 355 g/mol. The molecule has 0 bridgehead atoms. The van der Waals surface area contributed by atoms with Crippen molar-refractivity contribution in [2.75, 3.05) is 20.2 Å². The number of aromatic amines is 1. The Labute approximate surface area is 145 Å². The maximum Gasteiger partial charge on any atom is 0.272 e. The maximum atomic E-state index is 13.0. The third-order valence-corrected chi connectivity index (χ3v) is 4.00. The van der Waals surface area contributed by atoms with Crippen LogP contribution in [-0.4, -0.2) is 36.3 Å². The molecular formula is C16H20ClFN4O2. The molecule has 0 spiro atoms. The van der Waals surface area contributed by atoms with Crippen molar-refractivity contribution in [1.82, 2.24) is 20.8 Å². The second kappa shape index (κ2) is 8.23. The quantitative estimate of drug-likeness (QED) is 0.764. The third kappa shape index (κ3) is 3.92. The third-order valence-electron chi connectivity index (χ3n) is 4.00. The molecule has 8 heteroatoms. The summed E-state index contributed by atoms with van der Waals surface area (Å²) in [7, 11) is 1.56. The number of benzene rings is 1. The summed E-state index contributed by atoms with van der Waals surface area (Å²) < 4.78 is 18.4. The number of nitrogens with zero attached hydrogens (tertiary/aromatic N) is 1. The molecule has 2 aromatic rings. The van der Waals surface area contributed by atoms with Gasteiger partial charge >= 0.3 is 0 Å². The van der Waals surface area contributed by atoms with Gasteiger partial charge in [0.2, 0.25) is 0 Å². The first-order chi connectivity index (χ1) is 11.2. The molecule has 0 radical (unpaired) electrons. The summed E-state index contributed by atoms with van der Waals surface area (Å²) in [6.07, 6.45) is 0.499. The first-order valence-corrected chi connectivity index (χ1v) is 7.52. The normalized spacial score (nSPS) is 14.4. The van der Waals surface area contributed by atoms with Crippen LogP contribution in [0, 0.1) is 5.82 Å². The second-order valence-electron chi connectivity index (χ2n) is 5.44. The van der Waals surface area contributed by atoms with Gasteiger partial charge in [0.1, 0.15) is 5.82 Å². The summed E-state index contributed by atoms with van der Waals surface area (Å²) in [4.78, 5) is 12.3. The van der Waals surface area contributed by atoms with E-state index in [2.05, 4.69) is 20.8 Å². The molecule has 0 fully saturated rings. The Balaban J connectivity index is 0.00000208. The zero-order valence-corrected chi connectivity index (χ0v) is 14.1. The standard InChI is InChI=1S/C16H19FN4O2.ClH/c1-23-14(10-2-4-11(17)5-3-10)9-19-16(22)15-12-8-18-7-6-13(12)20-21-15;/h2-5,14,18H,6-9H2,1H3,(H,19,22)(H,20,21);1H. The number of ether oxygens (including phenoxy) is 1. The number of H-pyrrole nitrogens is 1. The molecule has 24 heavy (non-hydrogen) atoms. The number of rotatable bonds is 5. The van der Waals surface area contributed by atoms with Crippen LogP contribution >= 0.6 is 12.4 Å². The molecule has 1 atom stereocenters. The number of fused-ring (bicyclic) bond motifs is 1. The van der Waals surface area contributed by atoms with Gasteiger partial charge in [-0.15, -0.1) is 12.4 Å². The van der Waals surface area contributed by atoms with Crippen LogP contribution in [0.15, 0.2) is 24.3 Å². The van der Waals surface area contributed by atoms with Crippen molar-refractivity contribution in [3.8, 4) is 0 Å². The minimum Gasteiger partial charge on any atom is -0.375 e. The zero-order chi connectivity index (χ0) is 16.2. The van der Waals surface area contributed by atoms with Crippen LogP contribution < -0.4 is 10.6 Å². The van der Waals surface area contributed by atoms with Gasteiger partial charge in [-0.2, -0.15) is 5.10 Å². The Hall–Kier alpha value is -1.96. The molecule has 2 heterocycles. The van der Waals surface area contributed by atoms with E-state index in [1.54, 1.807) is 19.2 Å². The van der Waals surface area contributed by atoms with E-state index in [1.165, 1.54) is 12.1 Å². The number of amides is 1. The van der Waals surface area contributed by atoms with Crippen LogP contribution in [-0.2, 0) is 17.7 Å². The van der Waals surface area contributed by atoms with Gasteiger partial charge < -0.3 is 15.4 Å². The van der Waals surface area contributed by atoms with E-state index in [9.17, 15) is 9.18 Å². The van der Waals surface area contributed by atoms with Gasteiger partial charge in [-0.1, -0.05) is 12.1 Å². The number of hydrogen-bond donors (Lipinski definition) is 3. The first kappa shape index (κ1) is 18.4. The van der Waals surface area contributed by atoms with E-state index in [-0.39, 0.29) is 36.8 Å². The fourth-order valence-corrected chi connectivity index (χ4v) is 2.70. The van der Waals surface area contributed by atoms with Crippen LogP contribution in [0.4, 0.5) is 4.39 Å². The summed E-state index contributed by atoms with van der Waals surface area (Å²) in [5.74, 6) is -0.543. The molecule has 0 saturated heterocycles. The lowest BCUT2D eigenvalue weighted by molar-refractivity contribution is 0.0823. The molecule has 1 amide bonds. The highest BCUT2D eigenvalue weighted by Crippen LogP contribution is 2.18. The summed E-state index contributed by atoms with van der Waals surface area (Å²) in [6, 6.07) is 6.05. The number of aromatic nitrogens is 2. The minimum atomic E-state index is -0.340. The average Bonchev–Trinajstić information content (AvgIpc) is 3.01. The number of hydrogen-bond acceptors (Lipinski definition) is 4. The van der Waals surface area contributed by atoms with Gasteiger partial charge in [0.05, 0.1) is 6.10 Å². The lowest BCUT2D eigenvalue weighted by Crippen LogP contribution is -2.31. The summed E-state index contributed by atoms with van der Waals surface area (Å²) in [5, 5.41) is 13.1. The molecule has 1 unspecified atom stereocenters. The molecule has 1 aromatic carbocycles. The molecule has 1 aromatic heterocycles. The Bertz CT molecular complexity index is 690. The molecule has 130 valence electrons. The van der Waals surface area contributed by atoms with Crippen molar-refractivity contribution < 1.29 is 13.9 Å². The van der Waals surface area contributed by atoms with E-state index < -0.39 is 0 Å². The molecule has 0 aliphatic carbocycles. The van der Waals surface area contributed by atoms with Crippen LogP contribution in [0.2, 0.25) is 0 Å². The zero-order valence-electron chi connectivity index (χ0n) is 13.3. The second-order valence-corrected chi connectivity index (χ2v) is 5.44. The molecule has 3 N–H and O–H groups in total. The van der Waals surface area contributed by atoms with Crippen molar-refractivity contribution in [3.63, 3.8) is 0 Å². The highest BCUT2D eigenvalue weighted by molar-refractivity contribution is 5.94. The lowest BCUT2D eigenvalue weighted by Gasteiger charge is -2.17. The van der Waals surface area contributed by atoms with Gasteiger partial charge in [-0.25, -0.2) is 4.39 Å². The first-order valence-electron chi connectivity index (χ1n) is 7.52. The highest BCUT2D eigenvalue weighted by Gasteiger charge is 2.22. The van der Waals surface area contributed by atoms with Gasteiger partial charge in [0.25, 0.3) is 5.91 Å². The fraction of sp³-hybridized carbons (Fsp3) is 0.375. The predicted octanol–water partition coefficient (Wildman–Crippen LogP) is 1.73. The lowest BCUT2D eigenvalue weighted by atomic mass is 10.1. The van der Waals surface area contributed by atoms with Crippen molar-refractivity contribution in [2.24, 2.45) is 0 Å². The largest absolute Gasteiger partial charge is 0.375 e. The van der Waals surface area contributed by atoms with Crippen LogP contribution in [0.1, 0.15) is 33.4 Å². The number of halogens is 2. The summed E-state index contributed by atoms with van der Waals surface area (Å²) >= 11 is 0. The number of carbonyl (C=O) groups is 1. The van der Waals surface area contributed by atoms with Crippen molar-refractivity contribution >= 4 is 18.3 Å².